The van der Waals surface area contributed by atoms with Crippen molar-refractivity contribution >= 4 is 5.97 Å². The number of unbranched alkanes of at least 4 members (excludes halogenated alkanes) is 3. The van der Waals surface area contributed by atoms with Crippen molar-refractivity contribution < 1.29 is 14.5 Å². The molecule has 1 aromatic heterocycles. The highest BCUT2D eigenvalue weighted by atomic mass is 16.4. The van der Waals surface area contributed by atoms with Crippen LogP contribution in [0.15, 0.2) is 18.7 Å². The van der Waals surface area contributed by atoms with Crippen LogP contribution in [-0.2, 0) is 17.9 Å². The predicted molar refractivity (Wildman–Crippen MR) is 65.6 cm³/mol. The Morgan fingerprint density at radius 3 is 2.82 bits per heavy atom. The molecule has 0 unspecified atom stereocenters. The van der Waals surface area contributed by atoms with Gasteiger partial charge in [0.2, 0.25) is 6.33 Å². The van der Waals surface area contributed by atoms with Crippen molar-refractivity contribution in [3.05, 3.63) is 18.7 Å². The van der Waals surface area contributed by atoms with Crippen molar-refractivity contribution in [3.63, 3.8) is 0 Å². The molecule has 0 radical (unpaired) electrons. The van der Waals surface area contributed by atoms with Gasteiger partial charge in [-0.05, 0) is 25.7 Å². The fourth-order valence-electron chi connectivity index (χ4n) is 1.79. The summed E-state index contributed by atoms with van der Waals surface area (Å²) in [6, 6.07) is 0. The van der Waals surface area contributed by atoms with Crippen molar-refractivity contribution in [1.82, 2.24) is 4.57 Å². The van der Waals surface area contributed by atoms with Crippen LogP contribution >= 0.6 is 0 Å². The number of carbonyl (C=O) groups is 1. The molecule has 4 heteroatoms. The Morgan fingerprint density at radius 1 is 1.29 bits per heavy atom. The molecule has 0 amide bonds. The molecule has 0 saturated carbocycles. The van der Waals surface area contributed by atoms with Gasteiger partial charge in [-0.15, -0.1) is 0 Å². The third-order valence-corrected chi connectivity index (χ3v) is 2.82. The monoisotopic (exact) mass is 239 g/mol. The number of aromatic nitrogens is 2. The Labute approximate surface area is 103 Å². The summed E-state index contributed by atoms with van der Waals surface area (Å²) >= 11 is 0. The van der Waals surface area contributed by atoms with Gasteiger partial charge in [0.25, 0.3) is 0 Å². The van der Waals surface area contributed by atoms with Gasteiger partial charge in [0.05, 0.1) is 13.1 Å². The summed E-state index contributed by atoms with van der Waals surface area (Å²) in [4.78, 5) is 10.3. The highest BCUT2D eigenvalue weighted by Gasteiger charge is 2.03. The zero-order valence-electron chi connectivity index (χ0n) is 10.6. The molecule has 0 spiro atoms. The molecule has 0 aliphatic rings. The SMILES string of the molecule is CCCCn1cc[n+](CCCCCC(=O)O)c1. The number of rotatable bonds is 9. The summed E-state index contributed by atoms with van der Waals surface area (Å²) in [6.07, 6.45) is 11.9. The molecule has 0 aliphatic carbocycles. The lowest BCUT2D eigenvalue weighted by Gasteiger charge is -1.97. The van der Waals surface area contributed by atoms with Crippen LogP contribution in [0.25, 0.3) is 0 Å². The van der Waals surface area contributed by atoms with Crippen LogP contribution in [-0.4, -0.2) is 15.6 Å². The molecule has 1 heterocycles. The lowest BCUT2D eigenvalue weighted by atomic mass is 10.2. The third-order valence-electron chi connectivity index (χ3n) is 2.82. The molecule has 17 heavy (non-hydrogen) atoms. The quantitative estimate of drug-likeness (QED) is 0.530. The lowest BCUT2D eigenvalue weighted by Crippen LogP contribution is -2.30. The first-order valence-corrected chi connectivity index (χ1v) is 6.49. The summed E-state index contributed by atoms with van der Waals surface area (Å²) in [5.41, 5.74) is 0. The van der Waals surface area contributed by atoms with E-state index in [1.165, 1.54) is 12.8 Å². The van der Waals surface area contributed by atoms with Crippen molar-refractivity contribution in [2.45, 2.75) is 58.5 Å². The van der Waals surface area contributed by atoms with Crippen LogP contribution in [0.1, 0.15) is 45.4 Å². The van der Waals surface area contributed by atoms with Crippen LogP contribution in [0.3, 0.4) is 0 Å². The Bertz CT molecular complexity index is 334. The smallest absolute Gasteiger partial charge is 0.303 e. The van der Waals surface area contributed by atoms with E-state index in [4.69, 9.17) is 5.11 Å². The van der Waals surface area contributed by atoms with Gasteiger partial charge in [0.15, 0.2) is 0 Å². The summed E-state index contributed by atoms with van der Waals surface area (Å²) < 4.78 is 4.39. The summed E-state index contributed by atoms with van der Waals surface area (Å²) in [5.74, 6) is -0.691. The minimum atomic E-state index is -0.691. The molecule has 0 atom stereocenters. The van der Waals surface area contributed by atoms with E-state index in [1.807, 2.05) is 0 Å². The van der Waals surface area contributed by atoms with Gasteiger partial charge in [0, 0.05) is 6.42 Å². The molecule has 1 aromatic rings. The normalized spacial score (nSPS) is 10.6. The van der Waals surface area contributed by atoms with Crippen molar-refractivity contribution in [2.75, 3.05) is 0 Å². The summed E-state index contributed by atoms with van der Waals surface area (Å²) in [5, 5.41) is 8.51. The van der Waals surface area contributed by atoms with Crippen LogP contribution in [0.4, 0.5) is 0 Å². The maximum absolute atomic E-state index is 10.3. The molecule has 1 rings (SSSR count). The maximum atomic E-state index is 10.3. The van der Waals surface area contributed by atoms with Gasteiger partial charge in [-0.3, -0.25) is 4.79 Å². The fraction of sp³-hybridized carbons (Fsp3) is 0.692. The lowest BCUT2D eigenvalue weighted by molar-refractivity contribution is -0.696. The highest BCUT2D eigenvalue weighted by molar-refractivity contribution is 5.66. The Kier molecular flexibility index (Phi) is 6.37. The van der Waals surface area contributed by atoms with E-state index in [0.717, 1.165) is 32.4 Å². The van der Waals surface area contributed by atoms with Gasteiger partial charge >= 0.3 is 5.97 Å². The number of nitrogens with zero attached hydrogens (tertiary/aromatic N) is 2. The summed E-state index contributed by atoms with van der Waals surface area (Å²) in [6.45, 7) is 4.27. The highest BCUT2D eigenvalue weighted by Crippen LogP contribution is 2.00. The fourth-order valence-corrected chi connectivity index (χ4v) is 1.79. The van der Waals surface area contributed by atoms with Gasteiger partial charge in [-0.1, -0.05) is 13.3 Å². The Morgan fingerprint density at radius 2 is 2.12 bits per heavy atom. The number of hydrogen-bond donors (Lipinski definition) is 1. The zero-order valence-corrected chi connectivity index (χ0v) is 10.6. The molecule has 96 valence electrons. The van der Waals surface area contributed by atoms with Crippen LogP contribution in [0.2, 0.25) is 0 Å². The minimum absolute atomic E-state index is 0.294. The van der Waals surface area contributed by atoms with Gasteiger partial charge in [0.1, 0.15) is 12.4 Å². The first-order chi connectivity index (χ1) is 8.22. The molecule has 0 aliphatic heterocycles. The van der Waals surface area contributed by atoms with E-state index in [9.17, 15) is 4.79 Å². The first-order valence-electron chi connectivity index (χ1n) is 6.49. The van der Waals surface area contributed by atoms with Crippen molar-refractivity contribution in [3.8, 4) is 0 Å². The van der Waals surface area contributed by atoms with E-state index in [0.29, 0.717) is 6.42 Å². The number of aliphatic carboxylic acids is 1. The average molecular weight is 239 g/mol. The predicted octanol–water partition coefficient (Wildman–Crippen LogP) is 2.22. The number of imidazole rings is 1. The van der Waals surface area contributed by atoms with Gasteiger partial charge in [-0.25, -0.2) is 9.13 Å². The van der Waals surface area contributed by atoms with Crippen molar-refractivity contribution in [1.29, 1.82) is 0 Å². The zero-order chi connectivity index (χ0) is 12.5. The number of carboxylic acid groups (broad SMARTS) is 1. The minimum Gasteiger partial charge on any atom is -0.481 e. The second kappa shape index (κ2) is 7.87. The van der Waals surface area contributed by atoms with E-state index >= 15 is 0 Å². The van der Waals surface area contributed by atoms with Gasteiger partial charge < -0.3 is 5.11 Å². The molecular weight excluding hydrogens is 216 g/mol. The van der Waals surface area contributed by atoms with E-state index in [1.54, 1.807) is 0 Å². The molecular formula is C13H23N2O2+. The molecule has 0 saturated heterocycles. The maximum Gasteiger partial charge on any atom is 0.303 e. The summed E-state index contributed by atoms with van der Waals surface area (Å²) in [7, 11) is 0. The number of aryl methyl sites for hydroxylation is 2. The second-order valence-corrected chi connectivity index (χ2v) is 4.45. The molecule has 0 fully saturated rings. The van der Waals surface area contributed by atoms with E-state index < -0.39 is 5.97 Å². The van der Waals surface area contributed by atoms with Crippen molar-refractivity contribution in [2.24, 2.45) is 0 Å². The largest absolute Gasteiger partial charge is 0.481 e. The average Bonchev–Trinajstić information content (AvgIpc) is 2.73. The Balaban J connectivity index is 2.14. The van der Waals surface area contributed by atoms with Crippen LogP contribution in [0, 0.1) is 0 Å². The van der Waals surface area contributed by atoms with E-state index in [-0.39, 0.29) is 0 Å². The third kappa shape index (κ3) is 6.09. The van der Waals surface area contributed by atoms with Gasteiger partial charge in [-0.2, -0.15) is 0 Å². The topological polar surface area (TPSA) is 46.1 Å². The molecule has 1 N–H and O–H groups in total. The molecule has 0 bridgehead atoms. The number of hydrogen-bond acceptors (Lipinski definition) is 1. The first kappa shape index (κ1) is 13.7. The van der Waals surface area contributed by atoms with Crippen LogP contribution in [0.5, 0.6) is 0 Å². The van der Waals surface area contributed by atoms with E-state index in [2.05, 4.69) is 34.8 Å². The second-order valence-electron chi connectivity index (χ2n) is 4.45. The molecule has 0 aromatic carbocycles. The van der Waals surface area contributed by atoms with Crippen LogP contribution < -0.4 is 4.57 Å². The number of carboxylic acids is 1. The molecule has 4 nitrogen and oxygen atoms in total. The standard InChI is InChI=1S/C13H22N2O2/c1-2-3-8-14-10-11-15(12-14)9-6-4-5-7-13(16)17/h10-12H,2-9H2,1H3/p+1. The Hall–Kier alpha value is -1.32.